The molecule has 1 aromatic heterocycles. The molecule has 0 radical (unpaired) electrons. The molecule has 1 atom stereocenters. The van der Waals surface area contributed by atoms with E-state index in [2.05, 4.69) is 9.97 Å². The molecule has 1 aromatic rings. The van der Waals surface area contributed by atoms with Gasteiger partial charge in [0, 0.05) is 0 Å². The van der Waals surface area contributed by atoms with E-state index in [1.54, 1.807) is 12.2 Å². The number of carbonyl (C=O) groups excluding carboxylic acids is 1. The summed E-state index contributed by atoms with van der Waals surface area (Å²) in [5, 5.41) is 0. The van der Waals surface area contributed by atoms with Crippen molar-refractivity contribution in [1.29, 1.82) is 0 Å². The summed E-state index contributed by atoms with van der Waals surface area (Å²) in [5.74, 6) is -0.122. The Bertz CT molecular complexity index is 326. The quantitative estimate of drug-likeness (QED) is 0.543. The Morgan fingerprint density at radius 1 is 1.64 bits per heavy atom. The van der Waals surface area contributed by atoms with E-state index in [4.69, 9.17) is 5.73 Å². The van der Waals surface area contributed by atoms with Gasteiger partial charge in [0.05, 0.1) is 18.1 Å². The fourth-order valence-electron chi connectivity index (χ4n) is 1.07. The fourth-order valence-corrected chi connectivity index (χ4v) is 1.07. The summed E-state index contributed by atoms with van der Waals surface area (Å²) in [7, 11) is 0. The molecular weight excluding hydrogens is 142 g/mol. The topological polar surface area (TPSA) is 71.8 Å². The zero-order chi connectivity index (χ0) is 7.84. The highest BCUT2D eigenvalue weighted by Crippen LogP contribution is 2.13. The van der Waals surface area contributed by atoms with E-state index in [9.17, 15) is 4.79 Å². The lowest BCUT2D eigenvalue weighted by molar-refractivity contribution is 0.0972. The summed E-state index contributed by atoms with van der Waals surface area (Å²) in [4.78, 5) is 17.9. The maximum atomic E-state index is 11.2. The maximum Gasteiger partial charge on any atom is 0.203 e. The monoisotopic (exact) mass is 149 g/mol. The number of H-pyrrole nitrogens is 1. The Morgan fingerprint density at radius 2 is 2.45 bits per heavy atom. The van der Waals surface area contributed by atoms with Crippen molar-refractivity contribution < 1.29 is 4.79 Å². The molecule has 1 aliphatic rings. The van der Waals surface area contributed by atoms with Gasteiger partial charge in [-0.15, -0.1) is 0 Å². The number of imidazole rings is 1. The van der Waals surface area contributed by atoms with Crippen molar-refractivity contribution in [2.75, 3.05) is 0 Å². The van der Waals surface area contributed by atoms with Crippen LogP contribution in [0.5, 0.6) is 0 Å². The Balaban J connectivity index is 2.57. The van der Waals surface area contributed by atoms with Gasteiger partial charge in [-0.2, -0.15) is 0 Å². The van der Waals surface area contributed by atoms with Crippen LogP contribution in [0, 0.1) is 0 Å². The number of ketones is 1. The number of aromatic amines is 1. The third kappa shape index (κ3) is 0.798. The number of nitrogens with one attached hydrogen (secondary N) is 1. The van der Waals surface area contributed by atoms with Crippen molar-refractivity contribution in [2.24, 2.45) is 5.73 Å². The summed E-state index contributed by atoms with van der Waals surface area (Å²) in [5.41, 5.74) is 6.65. The molecular formula is C7H7N3O. The van der Waals surface area contributed by atoms with Gasteiger partial charge >= 0.3 is 0 Å². The Hall–Kier alpha value is -1.42. The number of carbonyl (C=O) groups is 1. The molecule has 2 rings (SSSR count). The molecule has 4 nitrogen and oxygen atoms in total. The smallest absolute Gasteiger partial charge is 0.203 e. The second kappa shape index (κ2) is 2.03. The standard InChI is InChI=1S/C7H7N3O/c8-4-1-2-5-6(7(4)11)10-3-9-5/h1-4H,8H2,(H,9,10). The van der Waals surface area contributed by atoms with Gasteiger partial charge in [-0.1, -0.05) is 6.08 Å². The zero-order valence-electron chi connectivity index (χ0n) is 5.74. The molecule has 0 saturated carbocycles. The van der Waals surface area contributed by atoms with E-state index in [-0.39, 0.29) is 5.78 Å². The van der Waals surface area contributed by atoms with Gasteiger partial charge in [0.25, 0.3) is 0 Å². The van der Waals surface area contributed by atoms with Crippen molar-refractivity contribution in [3.8, 4) is 0 Å². The van der Waals surface area contributed by atoms with Gasteiger partial charge in [-0.25, -0.2) is 4.98 Å². The number of aromatic nitrogens is 2. The van der Waals surface area contributed by atoms with Crippen molar-refractivity contribution in [3.63, 3.8) is 0 Å². The number of nitrogens with zero attached hydrogens (tertiary/aromatic N) is 1. The van der Waals surface area contributed by atoms with E-state index in [1.807, 2.05) is 0 Å². The second-order valence-electron chi connectivity index (χ2n) is 2.41. The fraction of sp³-hybridized carbons (Fsp3) is 0.143. The molecule has 0 amide bonds. The van der Waals surface area contributed by atoms with Crippen LogP contribution in [0.3, 0.4) is 0 Å². The summed E-state index contributed by atoms with van der Waals surface area (Å²) in [6.07, 6.45) is 4.92. The molecule has 3 N–H and O–H groups in total. The first-order valence-electron chi connectivity index (χ1n) is 3.30. The highest BCUT2D eigenvalue weighted by Gasteiger charge is 2.21. The van der Waals surface area contributed by atoms with E-state index in [1.165, 1.54) is 6.33 Å². The van der Waals surface area contributed by atoms with Gasteiger partial charge in [0.2, 0.25) is 5.78 Å². The van der Waals surface area contributed by atoms with Gasteiger partial charge in [-0.05, 0) is 6.08 Å². The van der Waals surface area contributed by atoms with Gasteiger partial charge < -0.3 is 10.7 Å². The average molecular weight is 149 g/mol. The average Bonchev–Trinajstić information content (AvgIpc) is 2.45. The van der Waals surface area contributed by atoms with Crippen LogP contribution in [-0.4, -0.2) is 21.8 Å². The molecule has 4 heteroatoms. The Morgan fingerprint density at radius 3 is 3.27 bits per heavy atom. The number of rotatable bonds is 0. The van der Waals surface area contributed by atoms with Crippen LogP contribution < -0.4 is 5.73 Å². The lowest BCUT2D eigenvalue weighted by Crippen LogP contribution is -2.30. The van der Waals surface area contributed by atoms with Gasteiger partial charge in [0.1, 0.15) is 5.69 Å². The highest BCUT2D eigenvalue weighted by molar-refractivity contribution is 6.04. The van der Waals surface area contributed by atoms with Crippen LogP contribution >= 0.6 is 0 Å². The summed E-state index contributed by atoms with van der Waals surface area (Å²) >= 11 is 0. The lowest BCUT2D eigenvalue weighted by atomic mass is 10.0. The van der Waals surface area contributed by atoms with E-state index >= 15 is 0 Å². The van der Waals surface area contributed by atoms with E-state index in [0.717, 1.165) is 5.69 Å². The van der Waals surface area contributed by atoms with E-state index < -0.39 is 6.04 Å². The van der Waals surface area contributed by atoms with Gasteiger partial charge in [-0.3, -0.25) is 4.79 Å². The van der Waals surface area contributed by atoms with Crippen LogP contribution in [0.25, 0.3) is 6.08 Å². The molecule has 56 valence electrons. The number of nitrogens with two attached hydrogens (primary N) is 1. The molecule has 0 spiro atoms. The molecule has 0 aliphatic heterocycles. The van der Waals surface area contributed by atoms with Crippen LogP contribution in [0.1, 0.15) is 16.2 Å². The molecule has 1 heterocycles. The molecule has 1 aliphatic carbocycles. The molecule has 11 heavy (non-hydrogen) atoms. The number of Topliss-reactive ketones (excluding diaryl/α,β-unsaturated/α-hetero) is 1. The minimum atomic E-state index is -0.522. The van der Waals surface area contributed by atoms with E-state index in [0.29, 0.717) is 5.69 Å². The summed E-state index contributed by atoms with van der Waals surface area (Å²) in [6, 6.07) is -0.522. The minimum Gasteiger partial charge on any atom is -0.344 e. The lowest BCUT2D eigenvalue weighted by Gasteiger charge is -2.08. The Kier molecular flexibility index (Phi) is 1.16. The summed E-state index contributed by atoms with van der Waals surface area (Å²) < 4.78 is 0. The molecule has 1 unspecified atom stereocenters. The Labute approximate surface area is 63.1 Å². The first kappa shape index (κ1) is 6.30. The number of fused-ring (bicyclic) bond motifs is 1. The predicted octanol–water partition coefficient (Wildman–Crippen LogP) is -0.0535. The normalized spacial score (nSPS) is 21.9. The van der Waals surface area contributed by atoms with Gasteiger partial charge in [0.15, 0.2) is 0 Å². The first-order valence-corrected chi connectivity index (χ1v) is 3.30. The molecule has 0 aromatic carbocycles. The maximum absolute atomic E-state index is 11.2. The van der Waals surface area contributed by atoms with Crippen molar-refractivity contribution in [1.82, 2.24) is 9.97 Å². The SMILES string of the molecule is NC1C=Cc2[nH]cnc2C1=O. The molecule has 0 saturated heterocycles. The third-order valence-electron chi connectivity index (χ3n) is 1.68. The molecule has 0 fully saturated rings. The predicted molar refractivity (Wildman–Crippen MR) is 39.9 cm³/mol. The van der Waals surface area contributed by atoms with Crippen LogP contribution in [0.15, 0.2) is 12.4 Å². The van der Waals surface area contributed by atoms with Crippen molar-refractivity contribution >= 4 is 11.9 Å². The summed E-state index contributed by atoms with van der Waals surface area (Å²) in [6.45, 7) is 0. The van der Waals surface area contributed by atoms with Crippen LogP contribution in [0.2, 0.25) is 0 Å². The van der Waals surface area contributed by atoms with Crippen LogP contribution in [0.4, 0.5) is 0 Å². The minimum absolute atomic E-state index is 0.122. The zero-order valence-corrected chi connectivity index (χ0v) is 5.74. The van der Waals surface area contributed by atoms with Crippen molar-refractivity contribution in [3.05, 3.63) is 23.8 Å². The largest absolute Gasteiger partial charge is 0.344 e. The molecule has 0 bridgehead atoms. The third-order valence-corrected chi connectivity index (χ3v) is 1.68. The van der Waals surface area contributed by atoms with Crippen molar-refractivity contribution in [2.45, 2.75) is 6.04 Å². The number of hydrogen-bond donors (Lipinski definition) is 2. The highest BCUT2D eigenvalue weighted by atomic mass is 16.1. The van der Waals surface area contributed by atoms with Crippen LogP contribution in [-0.2, 0) is 0 Å². The second-order valence-corrected chi connectivity index (χ2v) is 2.41. The number of hydrogen-bond acceptors (Lipinski definition) is 3. The first-order chi connectivity index (χ1) is 5.29.